The smallest absolute Gasteiger partial charge is 0.224 e. The highest BCUT2D eigenvalue weighted by Gasteiger charge is 2.08. The van der Waals surface area contributed by atoms with Gasteiger partial charge in [0.15, 0.2) is 0 Å². The molecule has 0 saturated heterocycles. The van der Waals surface area contributed by atoms with Gasteiger partial charge in [0.25, 0.3) is 0 Å². The van der Waals surface area contributed by atoms with Gasteiger partial charge in [-0.15, -0.1) is 0 Å². The van der Waals surface area contributed by atoms with Crippen molar-refractivity contribution in [1.29, 1.82) is 0 Å². The number of benzene rings is 1. The molecule has 0 spiro atoms. The monoisotopic (exact) mass is 285 g/mol. The van der Waals surface area contributed by atoms with E-state index in [0.29, 0.717) is 13.0 Å². The SMILES string of the molecule is COCC(C)CC(=O)Nc1ccc(Br)cc1. The van der Waals surface area contributed by atoms with Gasteiger partial charge in [0, 0.05) is 30.3 Å². The minimum atomic E-state index is 0.0203. The number of anilines is 1. The molecule has 1 atom stereocenters. The van der Waals surface area contributed by atoms with Gasteiger partial charge in [-0.05, 0) is 30.2 Å². The highest BCUT2D eigenvalue weighted by Crippen LogP contribution is 2.14. The highest BCUT2D eigenvalue weighted by atomic mass is 79.9. The summed E-state index contributed by atoms with van der Waals surface area (Å²) in [6.45, 7) is 2.60. The summed E-state index contributed by atoms with van der Waals surface area (Å²) >= 11 is 3.34. The molecule has 0 radical (unpaired) electrons. The van der Waals surface area contributed by atoms with Gasteiger partial charge in [0.2, 0.25) is 5.91 Å². The van der Waals surface area contributed by atoms with Crippen LogP contribution in [0.5, 0.6) is 0 Å². The lowest BCUT2D eigenvalue weighted by Crippen LogP contribution is -2.17. The molecular formula is C12H16BrNO2. The van der Waals surface area contributed by atoms with Crippen molar-refractivity contribution in [3.05, 3.63) is 28.7 Å². The summed E-state index contributed by atoms with van der Waals surface area (Å²) in [5, 5.41) is 2.84. The second-order valence-corrected chi connectivity index (χ2v) is 4.74. The van der Waals surface area contributed by atoms with Gasteiger partial charge in [0.05, 0.1) is 0 Å². The fourth-order valence-electron chi connectivity index (χ4n) is 1.41. The maximum Gasteiger partial charge on any atom is 0.224 e. The van der Waals surface area contributed by atoms with E-state index in [9.17, 15) is 4.79 Å². The predicted molar refractivity (Wildman–Crippen MR) is 68.4 cm³/mol. The minimum Gasteiger partial charge on any atom is -0.384 e. The van der Waals surface area contributed by atoms with Crippen LogP contribution in [-0.2, 0) is 9.53 Å². The van der Waals surface area contributed by atoms with Crippen LogP contribution in [0.2, 0.25) is 0 Å². The first-order valence-electron chi connectivity index (χ1n) is 5.16. The normalized spacial score (nSPS) is 12.2. The lowest BCUT2D eigenvalue weighted by atomic mass is 10.1. The topological polar surface area (TPSA) is 38.3 Å². The fraction of sp³-hybridized carbons (Fsp3) is 0.417. The molecule has 4 heteroatoms. The third-order valence-electron chi connectivity index (χ3n) is 2.11. The summed E-state index contributed by atoms with van der Waals surface area (Å²) in [7, 11) is 1.64. The Morgan fingerprint density at radius 3 is 2.62 bits per heavy atom. The van der Waals surface area contributed by atoms with Gasteiger partial charge >= 0.3 is 0 Å². The number of nitrogens with one attached hydrogen (secondary N) is 1. The average molecular weight is 286 g/mol. The van der Waals surface area contributed by atoms with Crippen molar-refractivity contribution < 1.29 is 9.53 Å². The van der Waals surface area contributed by atoms with Crippen molar-refractivity contribution in [3.8, 4) is 0 Å². The van der Waals surface area contributed by atoms with Crippen molar-refractivity contribution in [3.63, 3.8) is 0 Å². The Balaban J connectivity index is 2.42. The van der Waals surface area contributed by atoms with Crippen LogP contribution in [0.25, 0.3) is 0 Å². The Morgan fingerprint density at radius 1 is 1.44 bits per heavy atom. The fourth-order valence-corrected chi connectivity index (χ4v) is 1.67. The van der Waals surface area contributed by atoms with E-state index in [4.69, 9.17) is 4.74 Å². The molecule has 1 unspecified atom stereocenters. The molecule has 88 valence electrons. The van der Waals surface area contributed by atoms with Gasteiger partial charge < -0.3 is 10.1 Å². The molecule has 0 aliphatic rings. The standard InChI is InChI=1S/C12H16BrNO2/c1-9(8-16-2)7-12(15)14-11-5-3-10(13)4-6-11/h3-6,9H,7-8H2,1-2H3,(H,14,15). The van der Waals surface area contributed by atoms with Crippen LogP contribution in [0.15, 0.2) is 28.7 Å². The quantitative estimate of drug-likeness (QED) is 0.903. The molecule has 0 aliphatic heterocycles. The summed E-state index contributed by atoms with van der Waals surface area (Å²) in [5.41, 5.74) is 0.817. The second-order valence-electron chi connectivity index (χ2n) is 3.82. The van der Waals surface area contributed by atoms with Gasteiger partial charge in [-0.1, -0.05) is 22.9 Å². The average Bonchev–Trinajstić information content (AvgIpc) is 2.21. The number of hydrogen-bond donors (Lipinski definition) is 1. The van der Waals surface area contributed by atoms with Gasteiger partial charge in [-0.25, -0.2) is 0 Å². The lowest BCUT2D eigenvalue weighted by Gasteiger charge is -2.10. The highest BCUT2D eigenvalue weighted by molar-refractivity contribution is 9.10. The van der Waals surface area contributed by atoms with Crippen LogP contribution < -0.4 is 5.32 Å². The zero-order chi connectivity index (χ0) is 12.0. The van der Waals surface area contributed by atoms with E-state index in [1.807, 2.05) is 31.2 Å². The predicted octanol–water partition coefficient (Wildman–Crippen LogP) is 3.06. The minimum absolute atomic E-state index is 0.0203. The number of amides is 1. The van der Waals surface area contributed by atoms with E-state index < -0.39 is 0 Å². The van der Waals surface area contributed by atoms with Crippen LogP contribution in [0.4, 0.5) is 5.69 Å². The number of carbonyl (C=O) groups is 1. The Labute approximate surface area is 104 Å². The van der Waals surface area contributed by atoms with Crippen LogP contribution >= 0.6 is 15.9 Å². The van der Waals surface area contributed by atoms with Gasteiger partial charge in [0.1, 0.15) is 0 Å². The van der Waals surface area contributed by atoms with Crippen LogP contribution in [0.3, 0.4) is 0 Å². The summed E-state index contributed by atoms with van der Waals surface area (Å²) in [6, 6.07) is 7.52. The Kier molecular flexibility index (Phi) is 5.49. The number of halogens is 1. The second kappa shape index (κ2) is 6.66. The molecule has 1 rings (SSSR count). The third-order valence-corrected chi connectivity index (χ3v) is 2.64. The van der Waals surface area contributed by atoms with Crippen molar-refractivity contribution in [2.24, 2.45) is 5.92 Å². The van der Waals surface area contributed by atoms with Crippen molar-refractivity contribution >= 4 is 27.5 Å². The molecule has 16 heavy (non-hydrogen) atoms. The maximum atomic E-state index is 11.6. The largest absolute Gasteiger partial charge is 0.384 e. The van der Waals surface area contributed by atoms with Crippen molar-refractivity contribution in [2.75, 3.05) is 19.0 Å². The van der Waals surface area contributed by atoms with Crippen LogP contribution in [-0.4, -0.2) is 19.6 Å². The summed E-state index contributed by atoms with van der Waals surface area (Å²) in [4.78, 5) is 11.6. The van der Waals surface area contributed by atoms with E-state index in [0.717, 1.165) is 10.2 Å². The molecule has 1 N–H and O–H groups in total. The Morgan fingerprint density at radius 2 is 2.06 bits per heavy atom. The number of hydrogen-bond acceptors (Lipinski definition) is 2. The molecular weight excluding hydrogens is 270 g/mol. The lowest BCUT2D eigenvalue weighted by molar-refractivity contribution is -0.117. The van der Waals surface area contributed by atoms with Gasteiger partial charge in [-0.2, -0.15) is 0 Å². The van der Waals surface area contributed by atoms with Crippen molar-refractivity contribution in [1.82, 2.24) is 0 Å². The molecule has 0 saturated carbocycles. The van der Waals surface area contributed by atoms with Crippen LogP contribution in [0, 0.1) is 5.92 Å². The zero-order valence-electron chi connectivity index (χ0n) is 9.50. The Bertz CT molecular complexity index is 337. The molecule has 0 bridgehead atoms. The zero-order valence-corrected chi connectivity index (χ0v) is 11.1. The number of methoxy groups -OCH3 is 1. The van der Waals surface area contributed by atoms with E-state index in [2.05, 4.69) is 21.2 Å². The number of ether oxygens (including phenoxy) is 1. The first kappa shape index (κ1) is 13.2. The first-order chi connectivity index (χ1) is 7.61. The summed E-state index contributed by atoms with van der Waals surface area (Å²) < 4.78 is 5.98. The molecule has 0 heterocycles. The molecule has 3 nitrogen and oxygen atoms in total. The molecule has 0 aromatic heterocycles. The van der Waals surface area contributed by atoms with Crippen LogP contribution in [0.1, 0.15) is 13.3 Å². The first-order valence-corrected chi connectivity index (χ1v) is 5.95. The van der Waals surface area contributed by atoms with E-state index in [1.54, 1.807) is 7.11 Å². The maximum absolute atomic E-state index is 11.6. The molecule has 1 aromatic carbocycles. The van der Waals surface area contributed by atoms with Gasteiger partial charge in [-0.3, -0.25) is 4.79 Å². The summed E-state index contributed by atoms with van der Waals surface area (Å²) in [6.07, 6.45) is 0.476. The van der Waals surface area contributed by atoms with Crippen molar-refractivity contribution in [2.45, 2.75) is 13.3 Å². The molecule has 0 aliphatic carbocycles. The number of rotatable bonds is 5. The van der Waals surface area contributed by atoms with E-state index in [1.165, 1.54) is 0 Å². The molecule has 0 fully saturated rings. The molecule has 1 amide bonds. The summed E-state index contributed by atoms with van der Waals surface area (Å²) in [5.74, 6) is 0.257. The van der Waals surface area contributed by atoms with E-state index >= 15 is 0 Å². The number of carbonyl (C=O) groups excluding carboxylic acids is 1. The molecule has 1 aromatic rings. The van der Waals surface area contributed by atoms with E-state index in [-0.39, 0.29) is 11.8 Å². The Hall–Kier alpha value is -0.870. The third kappa shape index (κ3) is 4.77.